The molecule has 0 saturated carbocycles. The molecule has 1 saturated heterocycles. The molecule has 9 heteroatoms. The molecule has 0 aromatic heterocycles. The molecule has 0 aliphatic carbocycles. The standard InChI is InChI=1S/C30H29N3O6/c1-18(34)22-17-32-30(36)25(31-29(35)20-13-9-6-10-14-20)27(19-11-7-5-8-12-19)33(32)26(22)21-15-23(37-2)28(39-4)24(16-21)38-3/h5-17,25-27H,1-4H3,(H,31,35)/t25-,26+,27-/m1/s1. The third-order valence-electron chi connectivity index (χ3n) is 7.03. The smallest absolute Gasteiger partial charge is 0.265 e. The van der Waals surface area contributed by atoms with Crippen molar-refractivity contribution in [2.75, 3.05) is 21.3 Å². The van der Waals surface area contributed by atoms with Crippen LogP contribution >= 0.6 is 0 Å². The van der Waals surface area contributed by atoms with E-state index in [9.17, 15) is 14.4 Å². The summed E-state index contributed by atoms with van der Waals surface area (Å²) in [5.41, 5.74) is 2.34. The van der Waals surface area contributed by atoms with Crippen molar-refractivity contribution in [1.82, 2.24) is 15.3 Å². The van der Waals surface area contributed by atoms with E-state index in [0.29, 0.717) is 33.9 Å². The highest BCUT2D eigenvalue weighted by Gasteiger charge is 2.55. The number of carbonyl (C=O) groups excluding carboxylic acids is 3. The van der Waals surface area contributed by atoms with Crippen LogP contribution in [0.3, 0.4) is 0 Å². The number of hydrogen-bond donors (Lipinski definition) is 1. The van der Waals surface area contributed by atoms with Crippen molar-refractivity contribution in [3.8, 4) is 17.2 Å². The van der Waals surface area contributed by atoms with E-state index in [-0.39, 0.29) is 17.6 Å². The fourth-order valence-electron chi connectivity index (χ4n) is 5.26. The molecule has 0 spiro atoms. The van der Waals surface area contributed by atoms with E-state index < -0.39 is 18.1 Å². The fraction of sp³-hybridized carbons (Fsp3) is 0.233. The number of amides is 2. The van der Waals surface area contributed by atoms with Crippen LogP contribution in [0.1, 0.15) is 40.5 Å². The van der Waals surface area contributed by atoms with Gasteiger partial charge in [0.05, 0.1) is 33.4 Å². The number of carbonyl (C=O) groups is 3. The van der Waals surface area contributed by atoms with Gasteiger partial charge in [-0.25, -0.2) is 5.01 Å². The van der Waals surface area contributed by atoms with Crippen molar-refractivity contribution >= 4 is 17.6 Å². The van der Waals surface area contributed by atoms with Gasteiger partial charge in [-0.05, 0) is 42.3 Å². The van der Waals surface area contributed by atoms with Crippen molar-refractivity contribution < 1.29 is 28.6 Å². The van der Waals surface area contributed by atoms with Gasteiger partial charge in [0.25, 0.3) is 11.8 Å². The summed E-state index contributed by atoms with van der Waals surface area (Å²) in [6, 6.07) is 19.6. The van der Waals surface area contributed by atoms with Gasteiger partial charge in [0.1, 0.15) is 6.04 Å². The summed E-state index contributed by atoms with van der Waals surface area (Å²) in [5, 5.41) is 6.23. The Kier molecular flexibility index (Phi) is 7.08. The summed E-state index contributed by atoms with van der Waals surface area (Å²) in [6.45, 7) is 1.47. The largest absolute Gasteiger partial charge is 0.493 e. The van der Waals surface area contributed by atoms with Gasteiger partial charge in [0.15, 0.2) is 17.3 Å². The van der Waals surface area contributed by atoms with E-state index in [1.54, 1.807) is 42.6 Å². The zero-order valence-electron chi connectivity index (χ0n) is 22.1. The summed E-state index contributed by atoms with van der Waals surface area (Å²) in [6.07, 6.45) is 1.56. The highest BCUT2D eigenvalue weighted by atomic mass is 16.5. The molecule has 39 heavy (non-hydrogen) atoms. The molecule has 1 fully saturated rings. The first-order chi connectivity index (χ1) is 18.9. The molecule has 0 bridgehead atoms. The maximum absolute atomic E-state index is 13.9. The Morgan fingerprint density at radius 3 is 1.95 bits per heavy atom. The van der Waals surface area contributed by atoms with Crippen LogP contribution in [0.2, 0.25) is 0 Å². The number of methoxy groups -OCH3 is 3. The predicted molar refractivity (Wildman–Crippen MR) is 143 cm³/mol. The van der Waals surface area contributed by atoms with Gasteiger partial charge in [-0.15, -0.1) is 0 Å². The number of hydrogen-bond acceptors (Lipinski definition) is 7. The SMILES string of the molecule is COc1cc([C@H]2C(C(C)=O)=CN3C(=O)[C@H](NC(=O)c4ccccc4)[C@@H](c4ccccc4)N23)cc(OC)c1OC. The topological polar surface area (TPSA) is 97.4 Å². The van der Waals surface area contributed by atoms with Crippen molar-refractivity contribution in [3.63, 3.8) is 0 Å². The quantitative estimate of drug-likeness (QED) is 0.475. The molecule has 3 aromatic carbocycles. The molecule has 3 aromatic rings. The molecule has 1 N–H and O–H groups in total. The normalized spacial score (nSPS) is 20.3. The lowest BCUT2D eigenvalue weighted by molar-refractivity contribution is -0.134. The van der Waals surface area contributed by atoms with Gasteiger partial charge >= 0.3 is 0 Å². The molecule has 2 aliphatic rings. The second kappa shape index (κ2) is 10.6. The van der Waals surface area contributed by atoms with Crippen LogP contribution in [-0.4, -0.2) is 55.0 Å². The maximum Gasteiger partial charge on any atom is 0.265 e. The van der Waals surface area contributed by atoms with E-state index in [1.807, 2.05) is 41.4 Å². The predicted octanol–water partition coefficient (Wildman–Crippen LogP) is 3.84. The lowest BCUT2D eigenvalue weighted by Crippen LogP contribution is -2.43. The van der Waals surface area contributed by atoms with Crippen LogP contribution in [0.5, 0.6) is 17.2 Å². The van der Waals surface area contributed by atoms with Crippen LogP contribution < -0.4 is 19.5 Å². The molecule has 2 aliphatic heterocycles. The fourth-order valence-corrected chi connectivity index (χ4v) is 5.26. The highest BCUT2D eigenvalue weighted by molar-refractivity contribution is 6.00. The maximum atomic E-state index is 13.9. The molecule has 5 rings (SSSR count). The van der Waals surface area contributed by atoms with Gasteiger partial charge in [0, 0.05) is 17.3 Å². The molecule has 0 unspecified atom stereocenters. The lowest BCUT2D eigenvalue weighted by Gasteiger charge is -2.33. The minimum Gasteiger partial charge on any atom is -0.493 e. The first-order valence-corrected chi connectivity index (χ1v) is 12.4. The molecule has 9 nitrogen and oxygen atoms in total. The van der Waals surface area contributed by atoms with Gasteiger partial charge in [0.2, 0.25) is 5.75 Å². The summed E-state index contributed by atoms with van der Waals surface area (Å²) in [5.74, 6) is 0.358. The Morgan fingerprint density at radius 1 is 0.821 bits per heavy atom. The van der Waals surface area contributed by atoms with Gasteiger partial charge in [-0.1, -0.05) is 48.5 Å². The summed E-state index contributed by atoms with van der Waals surface area (Å²) >= 11 is 0. The average molecular weight is 528 g/mol. The lowest BCUT2D eigenvalue weighted by atomic mass is 9.92. The van der Waals surface area contributed by atoms with E-state index in [4.69, 9.17) is 14.2 Å². The number of Topliss-reactive ketones (excluding diaryl/α,β-unsaturated/α-hetero) is 1. The number of fused-ring (bicyclic) bond motifs is 1. The van der Waals surface area contributed by atoms with Crippen molar-refractivity contribution in [1.29, 1.82) is 0 Å². The zero-order valence-corrected chi connectivity index (χ0v) is 22.1. The van der Waals surface area contributed by atoms with Crippen LogP contribution in [0.25, 0.3) is 0 Å². The van der Waals surface area contributed by atoms with Crippen molar-refractivity contribution in [3.05, 3.63) is 101 Å². The van der Waals surface area contributed by atoms with Gasteiger partial charge in [-0.3, -0.25) is 14.4 Å². The van der Waals surface area contributed by atoms with Gasteiger partial charge < -0.3 is 19.5 Å². The van der Waals surface area contributed by atoms with Crippen LogP contribution in [0, 0.1) is 0 Å². The Bertz CT molecular complexity index is 1410. The first-order valence-electron chi connectivity index (χ1n) is 12.4. The first kappa shape index (κ1) is 26.0. The highest BCUT2D eigenvalue weighted by Crippen LogP contribution is 2.50. The molecule has 0 radical (unpaired) electrons. The molecular weight excluding hydrogens is 498 g/mol. The Balaban J connectivity index is 1.65. The van der Waals surface area contributed by atoms with Crippen molar-refractivity contribution in [2.24, 2.45) is 0 Å². The molecule has 200 valence electrons. The number of nitrogens with zero attached hydrogens (tertiary/aromatic N) is 2. The van der Waals surface area contributed by atoms with Gasteiger partial charge in [-0.2, -0.15) is 5.01 Å². The number of ketones is 1. The summed E-state index contributed by atoms with van der Waals surface area (Å²) in [7, 11) is 4.55. The van der Waals surface area contributed by atoms with Crippen LogP contribution in [-0.2, 0) is 9.59 Å². The minimum absolute atomic E-state index is 0.187. The second-order valence-corrected chi connectivity index (χ2v) is 9.24. The average Bonchev–Trinajstić information content (AvgIpc) is 3.48. The molecule has 2 amide bonds. The van der Waals surface area contributed by atoms with E-state index >= 15 is 0 Å². The summed E-state index contributed by atoms with van der Waals surface area (Å²) < 4.78 is 16.6. The zero-order chi connectivity index (χ0) is 27.7. The number of nitrogens with one attached hydrogen (secondary N) is 1. The number of hydrazine groups is 1. The third kappa shape index (κ3) is 4.51. The van der Waals surface area contributed by atoms with Crippen molar-refractivity contribution in [2.45, 2.75) is 25.0 Å². The number of rotatable bonds is 8. The van der Waals surface area contributed by atoms with E-state index in [0.717, 1.165) is 5.56 Å². The monoisotopic (exact) mass is 527 g/mol. The Hall–Kier alpha value is -4.63. The van der Waals surface area contributed by atoms with Crippen LogP contribution in [0.4, 0.5) is 0 Å². The Morgan fingerprint density at radius 2 is 1.41 bits per heavy atom. The molecule has 3 atom stereocenters. The second-order valence-electron chi connectivity index (χ2n) is 9.24. The third-order valence-corrected chi connectivity index (χ3v) is 7.03. The van der Waals surface area contributed by atoms with E-state index in [1.165, 1.54) is 33.3 Å². The number of benzene rings is 3. The summed E-state index contributed by atoms with van der Waals surface area (Å²) in [4.78, 5) is 40.0. The number of ether oxygens (including phenoxy) is 3. The van der Waals surface area contributed by atoms with E-state index in [2.05, 4.69) is 5.32 Å². The van der Waals surface area contributed by atoms with Crippen LogP contribution in [0.15, 0.2) is 84.6 Å². The minimum atomic E-state index is -0.908. The molecular formula is C30H29N3O6. The Labute approximate surface area is 226 Å². The molecule has 2 heterocycles.